The molecule has 0 N–H and O–H groups in total. The molecule has 0 radical (unpaired) electrons. The van der Waals surface area contributed by atoms with E-state index in [1.807, 2.05) is 29.8 Å². The van der Waals surface area contributed by atoms with Crippen LogP contribution in [0, 0.1) is 6.92 Å². The molecular weight excluding hydrogens is 310 g/mol. The van der Waals surface area contributed by atoms with Crippen molar-refractivity contribution < 1.29 is 4.42 Å². The lowest BCUT2D eigenvalue weighted by molar-refractivity contribution is 0.572. The highest BCUT2D eigenvalue weighted by Gasteiger charge is 2.13. The van der Waals surface area contributed by atoms with Gasteiger partial charge in [0.05, 0.1) is 12.0 Å². The van der Waals surface area contributed by atoms with E-state index in [0.29, 0.717) is 0 Å². The Hall–Kier alpha value is -2.54. The first kappa shape index (κ1) is 14.1. The van der Waals surface area contributed by atoms with Crippen molar-refractivity contribution in [2.24, 2.45) is 7.05 Å². The van der Waals surface area contributed by atoms with Gasteiger partial charge in [-0.05, 0) is 30.7 Å². The third-order valence-corrected chi connectivity index (χ3v) is 4.63. The van der Waals surface area contributed by atoms with E-state index < -0.39 is 0 Å². The predicted molar refractivity (Wildman–Crippen MR) is 88.2 cm³/mol. The lowest BCUT2D eigenvalue weighted by atomic mass is 10.3. The Bertz CT molecular complexity index is 954. The van der Waals surface area contributed by atoms with Gasteiger partial charge in [-0.2, -0.15) is 0 Å². The molecule has 0 fully saturated rings. The summed E-state index contributed by atoms with van der Waals surface area (Å²) in [4.78, 5) is 4.62. The van der Waals surface area contributed by atoms with Crippen molar-refractivity contribution in [2.75, 3.05) is 0 Å². The van der Waals surface area contributed by atoms with Crippen LogP contribution in [0.15, 0.2) is 52.5 Å². The summed E-state index contributed by atoms with van der Waals surface area (Å²) < 4.78 is 9.37. The van der Waals surface area contributed by atoms with Crippen LogP contribution in [0.1, 0.15) is 11.3 Å². The van der Waals surface area contributed by atoms with Gasteiger partial charge < -0.3 is 13.4 Å². The van der Waals surface area contributed by atoms with E-state index in [9.17, 15) is 0 Å². The average Bonchev–Trinajstić information content (AvgIpc) is 3.24. The predicted octanol–water partition coefficient (Wildman–Crippen LogP) is 3.32. The van der Waals surface area contributed by atoms with Crippen LogP contribution in [0.25, 0.3) is 17.2 Å². The van der Waals surface area contributed by atoms with E-state index >= 15 is 0 Å². The molecule has 0 bridgehead atoms. The molecule has 0 unspecified atom stereocenters. The summed E-state index contributed by atoms with van der Waals surface area (Å²) in [6.07, 6.45) is 5.77. The van der Waals surface area contributed by atoms with Crippen molar-refractivity contribution in [3.05, 3.63) is 54.2 Å². The maximum Gasteiger partial charge on any atom is 0.200 e. The van der Waals surface area contributed by atoms with E-state index in [1.54, 1.807) is 18.0 Å². The molecule has 23 heavy (non-hydrogen) atoms. The molecule has 6 nitrogen and oxygen atoms in total. The molecule has 0 atom stereocenters. The van der Waals surface area contributed by atoms with E-state index in [2.05, 4.69) is 45.0 Å². The summed E-state index contributed by atoms with van der Waals surface area (Å²) in [7, 11) is 1.94. The zero-order chi connectivity index (χ0) is 15.8. The number of aromatic nitrogens is 5. The van der Waals surface area contributed by atoms with Gasteiger partial charge >= 0.3 is 0 Å². The first-order chi connectivity index (χ1) is 11.2. The van der Waals surface area contributed by atoms with Crippen LogP contribution in [-0.2, 0) is 12.8 Å². The molecule has 7 heteroatoms. The van der Waals surface area contributed by atoms with E-state index in [-0.39, 0.29) is 0 Å². The number of fused-ring (bicyclic) bond motifs is 1. The summed E-state index contributed by atoms with van der Waals surface area (Å²) >= 11 is 1.61. The monoisotopic (exact) mass is 325 g/mol. The summed E-state index contributed by atoms with van der Waals surface area (Å²) in [5, 5.41) is 9.27. The Balaban J connectivity index is 1.54. The van der Waals surface area contributed by atoms with Crippen LogP contribution in [0.2, 0.25) is 0 Å². The zero-order valence-corrected chi connectivity index (χ0v) is 13.6. The number of pyridine rings is 1. The second-order valence-electron chi connectivity index (χ2n) is 5.34. The standard InChI is InChI=1S/C16H15N5OS/c1-11-5-6-14-17-12(9-21(14)8-11)10-23-16-19-18-15(20(16)2)13-4-3-7-22-13/h3-9H,10H2,1-2H3. The van der Waals surface area contributed by atoms with Gasteiger partial charge in [0, 0.05) is 25.2 Å². The molecular formula is C16H15N5OS. The minimum atomic E-state index is 0.718. The minimum absolute atomic E-state index is 0.718. The number of furan rings is 1. The van der Waals surface area contributed by atoms with E-state index in [4.69, 9.17) is 4.42 Å². The number of imidazole rings is 1. The second-order valence-corrected chi connectivity index (χ2v) is 6.28. The lowest BCUT2D eigenvalue weighted by Gasteiger charge is -2.00. The fraction of sp³-hybridized carbons (Fsp3) is 0.188. The van der Waals surface area contributed by atoms with E-state index in [0.717, 1.165) is 33.8 Å². The van der Waals surface area contributed by atoms with Gasteiger partial charge in [-0.15, -0.1) is 10.2 Å². The van der Waals surface area contributed by atoms with Crippen LogP contribution in [0.5, 0.6) is 0 Å². The van der Waals surface area contributed by atoms with Gasteiger partial charge in [0.1, 0.15) is 5.65 Å². The number of hydrogen-bond donors (Lipinski definition) is 0. The molecule has 4 aromatic heterocycles. The average molecular weight is 325 g/mol. The summed E-state index contributed by atoms with van der Waals surface area (Å²) in [5.74, 6) is 2.18. The minimum Gasteiger partial charge on any atom is -0.461 e. The molecule has 0 aliphatic carbocycles. The third kappa shape index (κ3) is 2.63. The van der Waals surface area contributed by atoms with Crippen LogP contribution < -0.4 is 0 Å². The summed E-state index contributed by atoms with van der Waals surface area (Å²) in [5.41, 5.74) is 3.19. The van der Waals surface area contributed by atoms with Gasteiger partial charge in [0.15, 0.2) is 16.7 Å². The second kappa shape index (κ2) is 5.58. The van der Waals surface area contributed by atoms with Crippen molar-refractivity contribution in [1.82, 2.24) is 24.1 Å². The smallest absolute Gasteiger partial charge is 0.200 e. The SMILES string of the molecule is Cc1ccc2nc(CSc3nnc(-c4ccco4)n3C)cn2c1. The van der Waals surface area contributed by atoms with Gasteiger partial charge in [-0.3, -0.25) is 0 Å². The molecule has 0 aliphatic rings. The molecule has 0 saturated heterocycles. The first-order valence-electron chi connectivity index (χ1n) is 7.21. The molecule has 4 aromatic rings. The number of rotatable bonds is 4. The molecule has 0 aliphatic heterocycles. The number of nitrogens with zero attached hydrogens (tertiary/aromatic N) is 5. The first-order valence-corrected chi connectivity index (χ1v) is 8.19. The molecule has 0 saturated carbocycles. The van der Waals surface area contributed by atoms with Crippen molar-refractivity contribution in [3.8, 4) is 11.6 Å². The number of aryl methyl sites for hydroxylation is 1. The van der Waals surface area contributed by atoms with Crippen molar-refractivity contribution in [3.63, 3.8) is 0 Å². The van der Waals surface area contributed by atoms with Gasteiger partial charge in [0.2, 0.25) is 0 Å². The topological polar surface area (TPSA) is 61.2 Å². The van der Waals surface area contributed by atoms with Crippen LogP contribution in [-0.4, -0.2) is 24.1 Å². The van der Waals surface area contributed by atoms with Crippen LogP contribution in [0.4, 0.5) is 0 Å². The van der Waals surface area contributed by atoms with Crippen molar-refractivity contribution >= 4 is 17.4 Å². The molecule has 4 rings (SSSR count). The highest BCUT2D eigenvalue weighted by atomic mass is 32.2. The fourth-order valence-corrected chi connectivity index (χ4v) is 3.22. The van der Waals surface area contributed by atoms with E-state index in [1.165, 1.54) is 5.56 Å². The quantitative estimate of drug-likeness (QED) is 0.539. The Morgan fingerprint density at radius 2 is 2.09 bits per heavy atom. The Labute approximate surface area is 137 Å². The van der Waals surface area contributed by atoms with Crippen LogP contribution in [0.3, 0.4) is 0 Å². The molecule has 0 aromatic carbocycles. The molecule has 4 heterocycles. The normalized spacial score (nSPS) is 11.4. The summed E-state index contributed by atoms with van der Waals surface area (Å²) in [6.45, 7) is 2.07. The largest absolute Gasteiger partial charge is 0.461 e. The number of thioether (sulfide) groups is 1. The lowest BCUT2D eigenvalue weighted by Crippen LogP contribution is -1.94. The molecule has 0 amide bonds. The van der Waals surface area contributed by atoms with Gasteiger partial charge in [-0.25, -0.2) is 4.98 Å². The maximum atomic E-state index is 5.38. The highest BCUT2D eigenvalue weighted by Crippen LogP contribution is 2.25. The fourth-order valence-electron chi connectivity index (χ4n) is 2.42. The van der Waals surface area contributed by atoms with Gasteiger partial charge in [-0.1, -0.05) is 17.8 Å². The van der Waals surface area contributed by atoms with Crippen molar-refractivity contribution in [1.29, 1.82) is 0 Å². The Kier molecular flexibility index (Phi) is 3.42. The Morgan fingerprint density at radius 1 is 1.17 bits per heavy atom. The maximum absolute atomic E-state index is 5.38. The molecule has 0 spiro atoms. The van der Waals surface area contributed by atoms with Crippen LogP contribution >= 0.6 is 11.8 Å². The summed E-state index contributed by atoms with van der Waals surface area (Å²) in [6, 6.07) is 7.82. The van der Waals surface area contributed by atoms with Gasteiger partial charge in [0.25, 0.3) is 0 Å². The zero-order valence-electron chi connectivity index (χ0n) is 12.8. The molecule has 116 valence electrons. The Morgan fingerprint density at radius 3 is 2.91 bits per heavy atom. The van der Waals surface area contributed by atoms with Crippen molar-refractivity contribution in [2.45, 2.75) is 17.8 Å². The number of hydrogen-bond acceptors (Lipinski definition) is 5. The highest BCUT2D eigenvalue weighted by molar-refractivity contribution is 7.98. The third-order valence-electron chi connectivity index (χ3n) is 3.57.